The molecule has 0 aromatic carbocycles. The number of hydrogen-bond donors (Lipinski definition) is 1. The minimum Gasteiger partial charge on any atom is -0.380 e. The highest BCUT2D eigenvalue weighted by atomic mass is 32.1. The molecule has 2 heterocycles. The number of hydrogen-bond acceptors (Lipinski definition) is 8. The molecule has 0 aliphatic heterocycles. The van der Waals surface area contributed by atoms with E-state index in [1.54, 1.807) is 5.38 Å². The van der Waals surface area contributed by atoms with Crippen molar-refractivity contribution in [2.45, 2.75) is 13.0 Å². The maximum absolute atomic E-state index is 5.80. The number of ether oxygens (including phenoxy) is 1. The van der Waals surface area contributed by atoms with Gasteiger partial charge in [0.1, 0.15) is 0 Å². The van der Waals surface area contributed by atoms with Gasteiger partial charge in [0, 0.05) is 12.0 Å². The van der Waals surface area contributed by atoms with Crippen LogP contribution >= 0.6 is 11.5 Å². The lowest BCUT2D eigenvalue weighted by Crippen LogP contribution is -2.18. The predicted molar refractivity (Wildman–Crippen MR) is 56.6 cm³/mol. The van der Waals surface area contributed by atoms with Crippen LogP contribution in [0.5, 0.6) is 0 Å². The molecule has 86 valence electrons. The zero-order valence-electron chi connectivity index (χ0n) is 8.66. The summed E-state index contributed by atoms with van der Waals surface area (Å²) in [5.41, 5.74) is 6.37. The van der Waals surface area contributed by atoms with Crippen molar-refractivity contribution in [2.75, 3.05) is 13.2 Å². The van der Waals surface area contributed by atoms with Gasteiger partial charge in [0.2, 0.25) is 0 Å². The molecule has 0 saturated heterocycles. The predicted octanol–water partition coefficient (Wildman–Crippen LogP) is 0.624. The van der Waals surface area contributed by atoms with Gasteiger partial charge in [-0.15, -0.1) is 5.10 Å². The molecular formula is C8H11N5O2S. The zero-order valence-corrected chi connectivity index (χ0v) is 9.48. The molecule has 0 aliphatic rings. The third-order valence-electron chi connectivity index (χ3n) is 1.85. The Kier molecular flexibility index (Phi) is 3.54. The van der Waals surface area contributed by atoms with Crippen molar-refractivity contribution in [3.8, 4) is 11.6 Å². The van der Waals surface area contributed by atoms with E-state index in [-0.39, 0.29) is 6.04 Å². The Morgan fingerprint density at radius 1 is 1.62 bits per heavy atom. The quantitative estimate of drug-likeness (QED) is 0.819. The molecule has 0 aliphatic carbocycles. The SMILES string of the molecule is CCOCC(N)c1noc(-c2csnn2)n1. The lowest BCUT2D eigenvalue weighted by molar-refractivity contribution is 0.130. The summed E-state index contributed by atoms with van der Waals surface area (Å²) >= 11 is 1.22. The van der Waals surface area contributed by atoms with Gasteiger partial charge in [-0.2, -0.15) is 4.98 Å². The Hall–Kier alpha value is -1.38. The van der Waals surface area contributed by atoms with Gasteiger partial charge in [-0.05, 0) is 18.5 Å². The molecule has 1 unspecified atom stereocenters. The summed E-state index contributed by atoms with van der Waals surface area (Å²) in [6.45, 7) is 2.87. The van der Waals surface area contributed by atoms with Gasteiger partial charge in [0.25, 0.3) is 5.89 Å². The van der Waals surface area contributed by atoms with Crippen LogP contribution in [0.4, 0.5) is 0 Å². The van der Waals surface area contributed by atoms with Crippen LogP contribution in [0.15, 0.2) is 9.90 Å². The molecule has 2 rings (SSSR count). The van der Waals surface area contributed by atoms with Gasteiger partial charge < -0.3 is 15.0 Å². The Balaban J connectivity index is 2.07. The third kappa shape index (κ3) is 2.40. The summed E-state index contributed by atoms with van der Waals surface area (Å²) in [4.78, 5) is 4.13. The molecule has 8 heteroatoms. The second-order valence-corrected chi connectivity index (χ2v) is 3.62. The maximum Gasteiger partial charge on any atom is 0.279 e. The third-order valence-corrected chi connectivity index (χ3v) is 2.36. The van der Waals surface area contributed by atoms with Crippen molar-refractivity contribution in [1.29, 1.82) is 0 Å². The largest absolute Gasteiger partial charge is 0.380 e. The fraction of sp³-hybridized carbons (Fsp3) is 0.500. The molecule has 7 nitrogen and oxygen atoms in total. The van der Waals surface area contributed by atoms with Gasteiger partial charge in [-0.1, -0.05) is 9.64 Å². The zero-order chi connectivity index (χ0) is 11.4. The van der Waals surface area contributed by atoms with Crippen LogP contribution in [0.25, 0.3) is 11.6 Å². The van der Waals surface area contributed by atoms with Crippen LogP contribution in [-0.2, 0) is 4.74 Å². The van der Waals surface area contributed by atoms with E-state index in [1.807, 2.05) is 6.92 Å². The summed E-state index contributed by atoms with van der Waals surface area (Å²) in [6.07, 6.45) is 0. The highest BCUT2D eigenvalue weighted by molar-refractivity contribution is 7.03. The molecule has 0 amide bonds. The summed E-state index contributed by atoms with van der Waals surface area (Å²) in [5.74, 6) is 0.743. The molecular weight excluding hydrogens is 230 g/mol. The second-order valence-electron chi connectivity index (χ2n) is 3.01. The summed E-state index contributed by atoms with van der Waals surface area (Å²) in [5, 5.41) is 9.32. The normalized spacial score (nSPS) is 12.9. The first-order chi connectivity index (χ1) is 7.81. The molecule has 0 bridgehead atoms. The molecule has 2 aromatic rings. The average molecular weight is 241 g/mol. The van der Waals surface area contributed by atoms with Crippen LogP contribution in [0, 0.1) is 0 Å². The molecule has 16 heavy (non-hydrogen) atoms. The average Bonchev–Trinajstić information content (AvgIpc) is 2.94. The first kappa shape index (κ1) is 11.1. The Labute approximate surface area is 95.8 Å². The summed E-state index contributed by atoms with van der Waals surface area (Å²) in [6, 6.07) is -0.385. The Bertz CT molecular complexity index is 429. The number of rotatable bonds is 5. The van der Waals surface area contributed by atoms with E-state index in [4.69, 9.17) is 15.0 Å². The maximum atomic E-state index is 5.80. The second kappa shape index (κ2) is 5.10. The van der Waals surface area contributed by atoms with Crippen LogP contribution in [0.3, 0.4) is 0 Å². The van der Waals surface area contributed by atoms with Gasteiger partial charge in [0.05, 0.1) is 12.6 Å². The molecule has 1 atom stereocenters. The first-order valence-electron chi connectivity index (χ1n) is 4.75. The fourth-order valence-electron chi connectivity index (χ4n) is 1.07. The van der Waals surface area contributed by atoms with Gasteiger partial charge >= 0.3 is 0 Å². The minimum absolute atomic E-state index is 0.329. The number of nitrogens with two attached hydrogens (primary N) is 1. The van der Waals surface area contributed by atoms with Crippen LogP contribution in [0.1, 0.15) is 18.8 Å². The van der Waals surface area contributed by atoms with E-state index in [1.165, 1.54) is 11.5 Å². The molecule has 2 aromatic heterocycles. The molecule has 0 saturated carbocycles. The van der Waals surface area contributed by atoms with Crippen molar-refractivity contribution in [2.24, 2.45) is 5.73 Å². The Morgan fingerprint density at radius 3 is 3.19 bits per heavy atom. The van der Waals surface area contributed by atoms with Crippen LogP contribution < -0.4 is 5.73 Å². The highest BCUT2D eigenvalue weighted by Gasteiger charge is 2.16. The fourth-order valence-corrected chi connectivity index (χ4v) is 1.50. The van der Waals surface area contributed by atoms with E-state index in [0.717, 1.165) is 0 Å². The van der Waals surface area contributed by atoms with Crippen LogP contribution in [0.2, 0.25) is 0 Å². The minimum atomic E-state index is -0.385. The monoisotopic (exact) mass is 241 g/mol. The number of aromatic nitrogens is 4. The van der Waals surface area contributed by atoms with Crippen molar-refractivity contribution >= 4 is 11.5 Å². The van der Waals surface area contributed by atoms with E-state index < -0.39 is 0 Å². The lowest BCUT2D eigenvalue weighted by Gasteiger charge is -2.05. The van der Waals surface area contributed by atoms with Crippen molar-refractivity contribution in [3.05, 3.63) is 11.2 Å². The molecule has 0 radical (unpaired) electrons. The van der Waals surface area contributed by atoms with Gasteiger partial charge in [-0.25, -0.2) is 0 Å². The number of nitrogens with zero attached hydrogens (tertiary/aromatic N) is 4. The lowest BCUT2D eigenvalue weighted by atomic mass is 10.3. The molecule has 2 N–H and O–H groups in total. The smallest absolute Gasteiger partial charge is 0.279 e. The highest BCUT2D eigenvalue weighted by Crippen LogP contribution is 2.17. The van der Waals surface area contributed by atoms with Crippen LogP contribution in [-0.4, -0.2) is 32.9 Å². The molecule has 0 spiro atoms. The topological polar surface area (TPSA) is 100.0 Å². The van der Waals surface area contributed by atoms with Crippen molar-refractivity contribution in [1.82, 2.24) is 19.7 Å². The van der Waals surface area contributed by atoms with Gasteiger partial charge in [0.15, 0.2) is 11.5 Å². The molecule has 0 fully saturated rings. The van der Waals surface area contributed by atoms with E-state index in [9.17, 15) is 0 Å². The summed E-state index contributed by atoms with van der Waals surface area (Å²) < 4.78 is 13.9. The van der Waals surface area contributed by atoms with E-state index >= 15 is 0 Å². The van der Waals surface area contributed by atoms with E-state index in [0.29, 0.717) is 30.6 Å². The Morgan fingerprint density at radius 2 is 2.50 bits per heavy atom. The van der Waals surface area contributed by atoms with Crippen molar-refractivity contribution < 1.29 is 9.26 Å². The van der Waals surface area contributed by atoms with Gasteiger partial charge in [-0.3, -0.25) is 0 Å². The summed E-state index contributed by atoms with van der Waals surface area (Å²) in [7, 11) is 0. The van der Waals surface area contributed by atoms with Crippen molar-refractivity contribution in [3.63, 3.8) is 0 Å². The van der Waals surface area contributed by atoms with E-state index in [2.05, 4.69) is 19.7 Å². The standard InChI is InChI=1S/C8H11N5O2S/c1-2-14-3-5(9)7-10-8(15-12-7)6-4-16-13-11-6/h4-5H,2-3,9H2,1H3. The first-order valence-corrected chi connectivity index (χ1v) is 5.59.